The van der Waals surface area contributed by atoms with Crippen molar-refractivity contribution >= 4 is 23.5 Å². The Kier molecular flexibility index (Phi) is 5.35. The summed E-state index contributed by atoms with van der Waals surface area (Å²) < 4.78 is 10.9. The van der Waals surface area contributed by atoms with E-state index in [0.717, 1.165) is 0 Å². The van der Waals surface area contributed by atoms with Gasteiger partial charge in [-0.3, -0.25) is 14.9 Å². The van der Waals surface area contributed by atoms with Crippen LogP contribution < -0.4 is 15.9 Å². The number of hydrogen-bond donors (Lipinski definition) is 2. The first-order valence-corrected chi connectivity index (χ1v) is 8.10. The van der Waals surface area contributed by atoms with E-state index >= 15 is 0 Å². The molecule has 142 valence electrons. The number of nitrogen functional groups attached to an aromatic ring is 1. The summed E-state index contributed by atoms with van der Waals surface area (Å²) in [5.74, 6) is 0.668. The molecule has 0 fully saturated rings. The van der Waals surface area contributed by atoms with Gasteiger partial charge in [-0.2, -0.15) is 5.10 Å². The van der Waals surface area contributed by atoms with Crippen LogP contribution in [-0.2, 0) is 0 Å². The van der Waals surface area contributed by atoms with Gasteiger partial charge in [0.15, 0.2) is 0 Å². The largest absolute Gasteiger partial charge is 0.496 e. The van der Waals surface area contributed by atoms with Crippen molar-refractivity contribution in [1.82, 2.24) is 5.43 Å². The number of methoxy groups -OCH3 is 1. The lowest BCUT2D eigenvalue weighted by atomic mass is 10.1. The van der Waals surface area contributed by atoms with Gasteiger partial charge in [0.1, 0.15) is 17.3 Å². The Bertz CT molecular complexity index is 1060. The van der Waals surface area contributed by atoms with Crippen molar-refractivity contribution in [3.63, 3.8) is 0 Å². The van der Waals surface area contributed by atoms with Crippen LogP contribution in [0.3, 0.4) is 0 Å². The molecule has 9 heteroatoms. The minimum atomic E-state index is -0.505. The van der Waals surface area contributed by atoms with Gasteiger partial charge < -0.3 is 14.9 Å². The number of nitro groups is 1. The number of ether oxygens (including phenoxy) is 1. The third kappa shape index (κ3) is 3.98. The summed E-state index contributed by atoms with van der Waals surface area (Å²) in [5.41, 5.74) is 9.24. The summed E-state index contributed by atoms with van der Waals surface area (Å²) in [6.45, 7) is 0. The van der Waals surface area contributed by atoms with Gasteiger partial charge >= 0.3 is 0 Å². The van der Waals surface area contributed by atoms with Crippen molar-refractivity contribution in [2.45, 2.75) is 0 Å². The van der Waals surface area contributed by atoms with E-state index in [1.165, 1.54) is 31.5 Å². The molecule has 1 amide bonds. The smallest absolute Gasteiger partial charge is 0.273 e. The van der Waals surface area contributed by atoms with Gasteiger partial charge in [0.2, 0.25) is 0 Å². The fraction of sp³-hybridized carbons (Fsp3) is 0.0526. The molecule has 1 heterocycles. The van der Waals surface area contributed by atoms with Crippen molar-refractivity contribution in [2.75, 3.05) is 12.8 Å². The number of nitro benzene ring substituents is 1. The summed E-state index contributed by atoms with van der Waals surface area (Å²) in [6, 6.07) is 14.2. The number of non-ortho nitro benzene ring substituents is 1. The predicted molar refractivity (Wildman–Crippen MR) is 103 cm³/mol. The third-order valence-electron chi connectivity index (χ3n) is 3.85. The van der Waals surface area contributed by atoms with E-state index < -0.39 is 10.8 Å². The first kappa shape index (κ1) is 18.6. The fourth-order valence-corrected chi connectivity index (χ4v) is 2.48. The van der Waals surface area contributed by atoms with Crippen molar-refractivity contribution < 1.29 is 18.9 Å². The standard InChI is InChI=1S/C19H16N4O5/c1-27-18-10-12(23(25)26)6-8-15(18)17-9-7-13(28-17)11-21-22-19(24)14-4-2-3-5-16(14)20/h2-11H,20H2,1H3,(H,22,24). The lowest BCUT2D eigenvalue weighted by molar-refractivity contribution is -0.384. The van der Waals surface area contributed by atoms with Gasteiger partial charge in [-0.25, -0.2) is 5.43 Å². The molecule has 0 saturated carbocycles. The molecule has 0 saturated heterocycles. The van der Waals surface area contributed by atoms with E-state index in [1.807, 2.05) is 0 Å². The summed E-state index contributed by atoms with van der Waals surface area (Å²) in [4.78, 5) is 22.4. The molecule has 0 aliphatic rings. The highest BCUT2D eigenvalue weighted by Crippen LogP contribution is 2.34. The van der Waals surface area contributed by atoms with Gasteiger partial charge in [0.25, 0.3) is 11.6 Å². The van der Waals surface area contributed by atoms with Crippen LogP contribution in [0.2, 0.25) is 0 Å². The molecular formula is C19H16N4O5. The molecule has 3 N–H and O–H groups in total. The average Bonchev–Trinajstić information content (AvgIpc) is 3.16. The normalized spacial score (nSPS) is 10.8. The average molecular weight is 380 g/mol. The highest BCUT2D eigenvalue weighted by atomic mass is 16.6. The molecule has 28 heavy (non-hydrogen) atoms. The van der Waals surface area contributed by atoms with E-state index in [4.69, 9.17) is 14.9 Å². The molecule has 0 bridgehead atoms. The molecular weight excluding hydrogens is 364 g/mol. The lowest BCUT2D eigenvalue weighted by Crippen LogP contribution is -2.18. The zero-order valence-corrected chi connectivity index (χ0v) is 14.8. The minimum absolute atomic E-state index is 0.0863. The zero-order valence-electron chi connectivity index (χ0n) is 14.8. The molecule has 2 aromatic carbocycles. The number of furan rings is 1. The summed E-state index contributed by atoms with van der Waals surface area (Å²) in [7, 11) is 1.42. The number of nitrogens with two attached hydrogens (primary N) is 1. The number of para-hydroxylation sites is 1. The number of carbonyl (C=O) groups is 1. The van der Waals surface area contributed by atoms with E-state index in [0.29, 0.717) is 34.1 Å². The number of amides is 1. The second kappa shape index (κ2) is 8.04. The van der Waals surface area contributed by atoms with E-state index in [1.54, 1.807) is 36.4 Å². The fourth-order valence-electron chi connectivity index (χ4n) is 2.48. The second-order valence-corrected chi connectivity index (χ2v) is 5.63. The highest BCUT2D eigenvalue weighted by molar-refractivity contribution is 5.99. The van der Waals surface area contributed by atoms with Gasteiger partial charge in [-0.15, -0.1) is 0 Å². The molecule has 3 rings (SSSR count). The third-order valence-corrected chi connectivity index (χ3v) is 3.85. The number of nitrogens with one attached hydrogen (secondary N) is 1. The zero-order chi connectivity index (χ0) is 20.1. The topological polar surface area (TPSA) is 133 Å². The monoisotopic (exact) mass is 380 g/mol. The van der Waals surface area contributed by atoms with Gasteiger partial charge in [-0.1, -0.05) is 12.1 Å². The first-order valence-electron chi connectivity index (χ1n) is 8.10. The van der Waals surface area contributed by atoms with Crippen LogP contribution in [0.15, 0.2) is 64.1 Å². The van der Waals surface area contributed by atoms with Crippen molar-refractivity contribution in [3.05, 3.63) is 76.0 Å². The van der Waals surface area contributed by atoms with Gasteiger partial charge in [-0.05, 0) is 30.3 Å². The van der Waals surface area contributed by atoms with Crippen LogP contribution in [0.4, 0.5) is 11.4 Å². The second-order valence-electron chi connectivity index (χ2n) is 5.63. The Hall–Kier alpha value is -4.14. The Labute approximate surface area is 159 Å². The maximum absolute atomic E-state index is 12.0. The van der Waals surface area contributed by atoms with Crippen LogP contribution in [-0.4, -0.2) is 24.2 Å². The summed E-state index contributed by atoms with van der Waals surface area (Å²) in [6.07, 6.45) is 1.33. The molecule has 0 aliphatic carbocycles. The molecule has 9 nitrogen and oxygen atoms in total. The van der Waals surface area contributed by atoms with Crippen LogP contribution >= 0.6 is 0 Å². The molecule has 0 atom stereocenters. The van der Waals surface area contributed by atoms with Gasteiger partial charge in [0, 0.05) is 11.8 Å². The number of rotatable bonds is 6. The molecule has 3 aromatic rings. The Morgan fingerprint density at radius 2 is 2.04 bits per heavy atom. The molecule has 0 radical (unpaired) electrons. The Morgan fingerprint density at radius 1 is 1.25 bits per heavy atom. The quantitative estimate of drug-likeness (QED) is 0.292. The number of hydrazone groups is 1. The minimum Gasteiger partial charge on any atom is -0.496 e. The predicted octanol–water partition coefficient (Wildman–Crippen LogP) is 3.21. The Balaban J connectivity index is 1.74. The maximum Gasteiger partial charge on any atom is 0.273 e. The molecule has 0 aliphatic heterocycles. The van der Waals surface area contributed by atoms with E-state index in [9.17, 15) is 14.9 Å². The number of carbonyl (C=O) groups excluding carboxylic acids is 1. The maximum atomic E-state index is 12.0. The molecule has 0 unspecified atom stereocenters. The van der Waals surface area contributed by atoms with E-state index in [2.05, 4.69) is 10.5 Å². The summed E-state index contributed by atoms with van der Waals surface area (Å²) in [5, 5.41) is 14.7. The SMILES string of the molecule is COc1cc([N+](=O)[O-])ccc1-c1ccc(C=NNC(=O)c2ccccc2N)o1. The van der Waals surface area contributed by atoms with Crippen LogP contribution in [0.25, 0.3) is 11.3 Å². The van der Waals surface area contributed by atoms with Gasteiger partial charge in [0.05, 0.1) is 35.4 Å². The van der Waals surface area contributed by atoms with Crippen molar-refractivity contribution in [2.24, 2.45) is 5.10 Å². The lowest BCUT2D eigenvalue weighted by Gasteiger charge is -2.05. The van der Waals surface area contributed by atoms with Crippen molar-refractivity contribution in [1.29, 1.82) is 0 Å². The Morgan fingerprint density at radius 3 is 2.75 bits per heavy atom. The van der Waals surface area contributed by atoms with Crippen LogP contribution in [0.5, 0.6) is 5.75 Å². The number of nitrogens with zero attached hydrogens (tertiary/aromatic N) is 2. The number of hydrogen-bond acceptors (Lipinski definition) is 7. The van der Waals surface area contributed by atoms with Crippen LogP contribution in [0.1, 0.15) is 16.1 Å². The number of benzene rings is 2. The van der Waals surface area contributed by atoms with E-state index in [-0.39, 0.29) is 5.69 Å². The van der Waals surface area contributed by atoms with Crippen LogP contribution in [0, 0.1) is 10.1 Å². The van der Waals surface area contributed by atoms with Crippen molar-refractivity contribution in [3.8, 4) is 17.1 Å². The molecule has 0 spiro atoms. The highest BCUT2D eigenvalue weighted by Gasteiger charge is 2.15. The molecule has 1 aromatic heterocycles. The summed E-state index contributed by atoms with van der Waals surface area (Å²) >= 11 is 0. The first-order chi connectivity index (χ1) is 13.5. The number of anilines is 1.